The Morgan fingerprint density at radius 2 is 2.13 bits per heavy atom. The summed E-state index contributed by atoms with van der Waals surface area (Å²) in [7, 11) is 0. The Balaban J connectivity index is 1.91. The first kappa shape index (κ1) is 16.6. The van der Waals surface area contributed by atoms with Gasteiger partial charge in [0.2, 0.25) is 0 Å². The summed E-state index contributed by atoms with van der Waals surface area (Å²) in [5.74, 6) is 0.312. The van der Waals surface area contributed by atoms with Gasteiger partial charge in [0, 0.05) is 11.8 Å². The van der Waals surface area contributed by atoms with Crippen molar-refractivity contribution in [3.63, 3.8) is 0 Å². The lowest BCUT2D eigenvalue weighted by Gasteiger charge is -2.21. The van der Waals surface area contributed by atoms with E-state index >= 15 is 0 Å². The minimum absolute atomic E-state index is 0.0102. The van der Waals surface area contributed by atoms with Crippen LogP contribution in [0.2, 0.25) is 0 Å². The topological polar surface area (TPSA) is 72.0 Å². The van der Waals surface area contributed by atoms with Gasteiger partial charge < -0.3 is 9.72 Å². The second-order valence-electron chi connectivity index (χ2n) is 5.85. The van der Waals surface area contributed by atoms with Crippen molar-refractivity contribution in [1.82, 2.24) is 9.97 Å². The Morgan fingerprint density at radius 1 is 1.39 bits per heavy atom. The van der Waals surface area contributed by atoms with Gasteiger partial charge in [0.25, 0.3) is 5.56 Å². The van der Waals surface area contributed by atoms with E-state index in [9.17, 15) is 9.59 Å². The third-order valence-corrected chi connectivity index (χ3v) is 5.75. The second-order valence-corrected chi connectivity index (χ2v) is 7.65. The SMILES string of the molecule is Cc1c(C(=O)OC2CCCCC2)sc2nc(CCBr)[nH]c(=O)c12. The van der Waals surface area contributed by atoms with Gasteiger partial charge in [0.1, 0.15) is 21.6 Å². The van der Waals surface area contributed by atoms with Crippen molar-refractivity contribution < 1.29 is 9.53 Å². The molecule has 0 radical (unpaired) electrons. The summed E-state index contributed by atoms with van der Waals surface area (Å²) in [6.07, 6.45) is 5.96. The van der Waals surface area contributed by atoms with E-state index in [1.165, 1.54) is 17.8 Å². The number of aromatic nitrogens is 2. The minimum Gasteiger partial charge on any atom is -0.458 e. The molecule has 3 rings (SSSR count). The molecule has 2 aromatic rings. The quantitative estimate of drug-likeness (QED) is 0.628. The first-order valence-electron chi connectivity index (χ1n) is 7.89. The fourth-order valence-electron chi connectivity index (χ4n) is 2.98. The number of ether oxygens (including phenoxy) is 1. The van der Waals surface area contributed by atoms with Crippen molar-refractivity contribution in [2.24, 2.45) is 0 Å². The zero-order valence-corrected chi connectivity index (χ0v) is 15.4. The average molecular weight is 399 g/mol. The molecule has 1 saturated carbocycles. The Morgan fingerprint density at radius 3 is 2.83 bits per heavy atom. The summed E-state index contributed by atoms with van der Waals surface area (Å²) in [6.45, 7) is 1.79. The molecule has 2 aromatic heterocycles. The van der Waals surface area contributed by atoms with Crippen molar-refractivity contribution in [2.45, 2.75) is 51.6 Å². The zero-order valence-electron chi connectivity index (χ0n) is 13.0. The normalized spacial score (nSPS) is 15.9. The van der Waals surface area contributed by atoms with Crippen LogP contribution in [0.1, 0.15) is 53.2 Å². The number of hydrogen-bond acceptors (Lipinski definition) is 5. The number of aromatic amines is 1. The smallest absolute Gasteiger partial charge is 0.348 e. The number of nitrogens with zero attached hydrogens (tertiary/aromatic N) is 1. The number of aryl methyl sites for hydroxylation is 2. The number of carbonyl (C=O) groups excluding carboxylic acids is 1. The molecule has 7 heteroatoms. The molecule has 0 atom stereocenters. The number of esters is 1. The van der Waals surface area contributed by atoms with Crippen LogP contribution in [0.4, 0.5) is 0 Å². The average Bonchev–Trinajstić information content (AvgIpc) is 2.86. The molecule has 0 unspecified atom stereocenters. The van der Waals surface area contributed by atoms with E-state index in [0.29, 0.717) is 32.9 Å². The van der Waals surface area contributed by atoms with Crippen LogP contribution in [0, 0.1) is 6.92 Å². The molecule has 1 aliphatic rings. The van der Waals surface area contributed by atoms with Crippen molar-refractivity contribution in [2.75, 3.05) is 5.33 Å². The summed E-state index contributed by atoms with van der Waals surface area (Å²) < 4.78 is 5.63. The van der Waals surface area contributed by atoms with Gasteiger partial charge >= 0.3 is 5.97 Å². The molecule has 1 fully saturated rings. The maximum Gasteiger partial charge on any atom is 0.348 e. The summed E-state index contributed by atoms with van der Waals surface area (Å²) in [6, 6.07) is 0. The van der Waals surface area contributed by atoms with E-state index < -0.39 is 0 Å². The molecule has 0 amide bonds. The lowest BCUT2D eigenvalue weighted by Crippen LogP contribution is -2.20. The fourth-order valence-corrected chi connectivity index (χ4v) is 4.44. The van der Waals surface area contributed by atoms with Crippen molar-refractivity contribution in [1.29, 1.82) is 0 Å². The molecular weight excluding hydrogens is 380 g/mol. The predicted octanol–water partition coefficient (Wildman–Crippen LogP) is 3.72. The first-order chi connectivity index (χ1) is 11.1. The highest BCUT2D eigenvalue weighted by Crippen LogP contribution is 2.29. The Labute approximate surface area is 146 Å². The zero-order chi connectivity index (χ0) is 16.4. The third kappa shape index (κ3) is 3.50. The molecule has 124 valence electrons. The van der Waals surface area contributed by atoms with Crippen LogP contribution in [-0.4, -0.2) is 27.4 Å². The summed E-state index contributed by atoms with van der Waals surface area (Å²) in [5.41, 5.74) is 0.487. The number of fused-ring (bicyclic) bond motifs is 1. The standard InChI is InChI=1S/C16H19BrN2O3S/c1-9-12-14(20)18-11(7-8-17)19-15(12)23-13(9)16(21)22-10-5-3-2-4-6-10/h10H,2-8H2,1H3,(H,18,19,20). The van der Waals surface area contributed by atoms with Crippen LogP contribution in [0.15, 0.2) is 4.79 Å². The molecule has 5 nitrogen and oxygen atoms in total. The highest BCUT2D eigenvalue weighted by atomic mass is 79.9. The molecule has 0 saturated heterocycles. The number of carbonyl (C=O) groups is 1. The molecule has 0 aliphatic heterocycles. The third-order valence-electron chi connectivity index (χ3n) is 4.19. The highest BCUT2D eigenvalue weighted by Gasteiger charge is 2.24. The van der Waals surface area contributed by atoms with Crippen LogP contribution in [-0.2, 0) is 11.2 Å². The molecule has 23 heavy (non-hydrogen) atoms. The lowest BCUT2D eigenvalue weighted by atomic mass is 9.98. The highest BCUT2D eigenvalue weighted by molar-refractivity contribution is 9.09. The van der Waals surface area contributed by atoms with Crippen LogP contribution in [0.25, 0.3) is 10.2 Å². The maximum atomic E-state index is 12.5. The van der Waals surface area contributed by atoms with Gasteiger partial charge in [-0.05, 0) is 38.2 Å². The van der Waals surface area contributed by atoms with E-state index in [2.05, 4.69) is 25.9 Å². The summed E-state index contributed by atoms with van der Waals surface area (Å²) in [4.78, 5) is 33.1. The number of nitrogens with one attached hydrogen (secondary N) is 1. The van der Waals surface area contributed by atoms with Crippen LogP contribution < -0.4 is 5.56 Å². The van der Waals surface area contributed by atoms with Crippen LogP contribution in [0.3, 0.4) is 0 Å². The lowest BCUT2D eigenvalue weighted by molar-refractivity contribution is 0.0216. The largest absolute Gasteiger partial charge is 0.458 e. The van der Waals surface area contributed by atoms with Crippen LogP contribution in [0.5, 0.6) is 0 Å². The summed E-state index contributed by atoms with van der Waals surface area (Å²) >= 11 is 4.59. The Kier molecular flexibility index (Phi) is 5.16. The number of hydrogen-bond donors (Lipinski definition) is 1. The molecule has 0 spiro atoms. The molecule has 0 aromatic carbocycles. The fraction of sp³-hybridized carbons (Fsp3) is 0.562. The molecule has 0 bridgehead atoms. The van der Waals surface area contributed by atoms with E-state index in [4.69, 9.17) is 4.74 Å². The number of halogens is 1. The molecular formula is C16H19BrN2O3S. The minimum atomic E-state index is -0.321. The van der Waals surface area contributed by atoms with E-state index in [-0.39, 0.29) is 17.6 Å². The first-order valence-corrected chi connectivity index (χ1v) is 9.83. The molecule has 1 aliphatic carbocycles. The molecule has 1 N–H and O–H groups in total. The van der Waals surface area contributed by atoms with E-state index in [1.54, 1.807) is 6.92 Å². The van der Waals surface area contributed by atoms with Crippen LogP contribution >= 0.6 is 27.3 Å². The van der Waals surface area contributed by atoms with Crippen molar-refractivity contribution in [3.8, 4) is 0 Å². The van der Waals surface area contributed by atoms with Crippen molar-refractivity contribution >= 4 is 43.5 Å². The van der Waals surface area contributed by atoms with Gasteiger partial charge in [0.05, 0.1) is 5.39 Å². The number of H-pyrrole nitrogens is 1. The van der Waals surface area contributed by atoms with Crippen molar-refractivity contribution in [3.05, 3.63) is 26.6 Å². The Hall–Kier alpha value is -1.21. The predicted molar refractivity (Wildman–Crippen MR) is 94.8 cm³/mol. The number of thiophene rings is 1. The number of rotatable bonds is 4. The molecule has 2 heterocycles. The maximum absolute atomic E-state index is 12.5. The summed E-state index contributed by atoms with van der Waals surface area (Å²) in [5, 5.41) is 1.23. The van der Waals surface area contributed by atoms with E-state index in [1.807, 2.05) is 0 Å². The van der Waals surface area contributed by atoms with Gasteiger partial charge in [-0.1, -0.05) is 22.4 Å². The van der Waals surface area contributed by atoms with Gasteiger partial charge in [-0.15, -0.1) is 11.3 Å². The van der Waals surface area contributed by atoms with E-state index in [0.717, 1.165) is 31.0 Å². The monoisotopic (exact) mass is 398 g/mol. The van der Waals surface area contributed by atoms with Gasteiger partial charge in [0.15, 0.2) is 0 Å². The second kappa shape index (κ2) is 7.13. The Bertz CT molecular complexity index is 777. The van der Waals surface area contributed by atoms with Gasteiger partial charge in [-0.3, -0.25) is 4.79 Å². The van der Waals surface area contributed by atoms with Gasteiger partial charge in [-0.2, -0.15) is 0 Å². The number of alkyl halides is 1. The van der Waals surface area contributed by atoms with Gasteiger partial charge in [-0.25, -0.2) is 9.78 Å².